The predicted octanol–water partition coefficient (Wildman–Crippen LogP) is 3.32. The van der Waals surface area contributed by atoms with Crippen molar-refractivity contribution in [1.29, 1.82) is 0 Å². The van der Waals surface area contributed by atoms with Gasteiger partial charge in [-0.2, -0.15) is 0 Å². The van der Waals surface area contributed by atoms with E-state index in [1.165, 1.54) is 11.1 Å². The molecule has 0 spiro atoms. The normalized spacial score (nSPS) is 11.0. The summed E-state index contributed by atoms with van der Waals surface area (Å²) < 4.78 is 2.95. The van der Waals surface area contributed by atoms with Gasteiger partial charge in [0.15, 0.2) is 0 Å². The molecule has 0 fully saturated rings. The standard InChI is InChI=1S/C14H12BrN3/c1-18-14-9-10(6-7-13(14)16-17-18)8-11-4-2-3-5-12(11)15/h2-7,9H,8H2,1H3. The molecule has 0 radical (unpaired) electrons. The van der Waals surface area contributed by atoms with E-state index in [-0.39, 0.29) is 0 Å². The van der Waals surface area contributed by atoms with E-state index in [0.717, 1.165) is 21.9 Å². The molecule has 0 N–H and O–H groups in total. The lowest BCUT2D eigenvalue weighted by Gasteiger charge is -2.04. The van der Waals surface area contributed by atoms with Gasteiger partial charge in [0.25, 0.3) is 0 Å². The Morgan fingerprint density at radius 3 is 2.83 bits per heavy atom. The molecule has 90 valence electrons. The number of benzene rings is 2. The molecule has 1 aromatic heterocycles. The van der Waals surface area contributed by atoms with Crippen LogP contribution in [0.1, 0.15) is 11.1 Å². The van der Waals surface area contributed by atoms with Crippen LogP contribution in [0, 0.1) is 0 Å². The van der Waals surface area contributed by atoms with Crippen LogP contribution in [0.25, 0.3) is 11.0 Å². The first-order valence-electron chi connectivity index (χ1n) is 5.76. The molecule has 0 saturated heterocycles. The minimum absolute atomic E-state index is 0.905. The van der Waals surface area contributed by atoms with Crippen LogP contribution >= 0.6 is 15.9 Å². The van der Waals surface area contributed by atoms with Crippen LogP contribution in [0.5, 0.6) is 0 Å². The molecule has 3 rings (SSSR count). The van der Waals surface area contributed by atoms with Gasteiger partial charge in [0, 0.05) is 11.5 Å². The Morgan fingerprint density at radius 2 is 2.00 bits per heavy atom. The largest absolute Gasteiger partial charge is 0.248 e. The van der Waals surface area contributed by atoms with E-state index < -0.39 is 0 Å². The van der Waals surface area contributed by atoms with Gasteiger partial charge in [0.2, 0.25) is 0 Å². The number of nitrogens with zero attached hydrogens (tertiary/aromatic N) is 3. The summed E-state index contributed by atoms with van der Waals surface area (Å²) in [6.07, 6.45) is 0.905. The zero-order chi connectivity index (χ0) is 12.5. The van der Waals surface area contributed by atoms with Gasteiger partial charge < -0.3 is 0 Å². The molecule has 18 heavy (non-hydrogen) atoms. The molecule has 0 aliphatic heterocycles. The molecule has 0 aliphatic rings. The first-order chi connectivity index (χ1) is 8.74. The van der Waals surface area contributed by atoms with Gasteiger partial charge in [-0.05, 0) is 35.7 Å². The van der Waals surface area contributed by atoms with Crippen molar-refractivity contribution in [2.24, 2.45) is 7.05 Å². The number of hydrogen-bond acceptors (Lipinski definition) is 2. The average Bonchev–Trinajstić information content (AvgIpc) is 2.74. The number of halogens is 1. The van der Waals surface area contributed by atoms with E-state index >= 15 is 0 Å². The van der Waals surface area contributed by atoms with Crippen molar-refractivity contribution in [2.75, 3.05) is 0 Å². The van der Waals surface area contributed by atoms with Crippen molar-refractivity contribution in [3.8, 4) is 0 Å². The van der Waals surface area contributed by atoms with Gasteiger partial charge in [-0.1, -0.05) is 45.4 Å². The molecule has 0 amide bonds. The molecule has 0 atom stereocenters. The summed E-state index contributed by atoms with van der Waals surface area (Å²) >= 11 is 3.58. The number of aromatic nitrogens is 3. The molecule has 3 nitrogen and oxygen atoms in total. The van der Waals surface area contributed by atoms with Crippen LogP contribution in [0.3, 0.4) is 0 Å². The fraction of sp³-hybridized carbons (Fsp3) is 0.143. The van der Waals surface area contributed by atoms with Crippen molar-refractivity contribution in [3.63, 3.8) is 0 Å². The van der Waals surface area contributed by atoms with Gasteiger partial charge in [0.05, 0.1) is 5.52 Å². The zero-order valence-corrected chi connectivity index (χ0v) is 11.6. The fourth-order valence-electron chi connectivity index (χ4n) is 2.05. The summed E-state index contributed by atoms with van der Waals surface area (Å²) in [5.41, 5.74) is 4.56. The highest BCUT2D eigenvalue weighted by Crippen LogP contribution is 2.21. The Hall–Kier alpha value is -1.68. The van der Waals surface area contributed by atoms with Crippen LogP contribution in [-0.4, -0.2) is 15.0 Å². The monoisotopic (exact) mass is 301 g/mol. The molecule has 1 heterocycles. The minimum Gasteiger partial charge on any atom is -0.248 e. The molecule has 0 aliphatic carbocycles. The van der Waals surface area contributed by atoms with Gasteiger partial charge in [-0.15, -0.1) is 5.10 Å². The van der Waals surface area contributed by atoms with Crippen LogP contribution in [0.4, 0.5) is 0 Å². The van der Waals surface area contributed by atoms with Crippen LogP contribution in [-0.2, 0) is 13.5 Å². The van der Waals surface area contributed by atoms with Crippen LogP contribution in [0.2, 0.25) is 0 Å². The van der Waals surface area contributed by atoms with Crippen molar-refractivity contribution >= 4 is 27.0 Å². The summed E-state index contributed by atoms with van der Waals surface area (Å²) in [6.45, 7) is 0. The lowest BCUT2D eigenvalue weighted by atomic mass is 10.0. The third kappa shape index (κ3) is 2.04. The average molecular weight is 302 g/mol. The summed E-state index contributed by atoms with van der Waals surface area (Å²) in [5, 5.41) is 8.11. The summed E-state index contributed by atoms with van der Waals surface area (Å²) in [6, 6.07) is 14.6. The molecule has 3 aromatic rings. The van der Waals surface area contributed by atoms with E-state index in [1.54, 1.807) is 4.68 Å². The second-order valence-corrected chi connectivity index (χ2v) is 5.16. The maximum absolute atomic E-state index is 4.09. The summed E-state index contributed by atoms with van der Waals surface area (Å²) in [4.78, 5) is 0. The highest BCUT2D eigenvalue weighted by Gasteiger charge is 2.05. The maximum atomic E-state index is 4.09. The minimum atomic E-state index is 0.905. The fourth-order valence-corrected chi connectivity index (χ4v) is 2.47. The van der Waals surface area contributed by atoms with E-state index in [1.807, 2.05) is 19.2 Å². The van der Waals surface area contributed by atoms with E-state index in [0.29, 0.717) is 0 Å². The Balaban J connectivity index is 2.00. The van der Waals surface area contributed by atoms with Gasteiger partial charge >= 0.3 is 0 Å². The van der Waals surface area contributed by atoms with Crippen LogP contribution in [0.15, 0.2) is 46.9 Å². The lowest BCUT2D eigenvalue weighted by molar-refractivity contribution is 0.736. The predicted molar refractivity (Wildman–Crippen MR) is 75.5 cm³/mol. The van der Waals surface area contributed by atoms with Crippen molar-refractivity contribution in [2.45, 2.75) is 6.42 Å². The lowest BCUT2D eigenvalue weighted by Crippen LogP contribution is -1.92. The van der Waals surface area contributed by atoms with E-state index in [2.05, 4.69) is 56.6 Å². The topological polar surface area (TPSA) is 30.7 Å². The quantitative estimate of drug-likeness (QED) is 0.727. The molecule has 2 aromatic carbocycles. The summed E-state index contributed by atoms with van der Waals surface area (Å²) in [7, 11) is 1.91. The molecular formula is C14H12BrN3. The van der Waals surface area contributed by atoms with Crippen molar-refractivity contribution in [3.05, 3.63) is 58.1 Å². The first kappa shape index (κ1) is 11.4. The van der Waals surface area contributed by atoms with Crippen molar-refractivity contribution in [1.82, 2.24) is 15.0 Å². The third-order valence-electron chi connectivity index (χ3n) is 3.03. The van der Waals surface area contributed by atoms with Gasteiger partial charge in [-0.3, -0.25) is 0 Å². The number of fused-ring (bicyclic) bond motifs is 1. The Bertz CT molecular complexity index is 703. The highest BCUT2D eigenvalue weighted by molar-refractivity contribution is 9.10. The smallest absolute Gasteiger partial charge is 0.113 e. The number of hydrogen-bond donors (Lipinski definition) is 0. The Labute approximate surface area is 114 Å². The summed E-state index contributed by atoms with van der Waals surface area (Å²) in [5.74, 6) is 0. The Kier molecular flexibility index (Phi) is 2.88. The number of aryl methyl sites for hydroxylation is 1. The van der Waals surface area contributed by atoms with E-state index in [9.17, 15) is 0 Å². The number of rotatable bonds is 2. The zero-order valence-electron chi connectivity index (χ0n) is 9.97. The first-order valence-corrected chi connectivity index (χ1v) is 6.55. The SMILES string of the molecule is Cn1nnc2ccc(Cc3ccccc3Br)cc21. The van der Waals surface area contributed by atoms with Crippen molar-refractivity contribution < 1.29 is 0 Å². The van der Waals surface area contributed by atoms with E-state index in [4.69, 9.17) is 0 Å². The third-order valence-corrected chi connectivity index (χ3v) is 3.80. The molecule has 4 heteroatoms. The second-order valence-electron chi connectivity index (χ2n) is 4.30. The van der Waals surface area contributed by atoms with Gasteiger partial charge in [-0.25, -0.2) is 4.68 Å². The van der Waals surface area contributed by atoms with Gasteiger partial charge in [0.1, 0.15) is 5.52 Å². The molecule has 0 unspecified atom stereocenters. The second kappa shape index (κ2) is 4.53. The van der Waals surface area contributed by atoms with Crippen LogP contribution < -0.4 is 0 Å². The highest BCUT2D eigenvalue weighted by atomic mass is 79.9. The Morgan fingerprint density at radius 1 is 1.17 bits per heavy atom. The molecular weight excluding hydrogens is 290 g/mol. The maximum Gasteiger partial charge on any atom is 0.113 e. The molecule has 0 bridgehead atoms. The molecule has 0 saturated carbocycles.